The van der Waals surface area contributed by atoms with Crippen LogP contribution in [0, 0.1) is 6.92 Å². The molecule has 0 N–H and O–H groups in total. The standard InChI is InChI=1S/C24H26ClN3OS/c1-16-19(24(29)27-12-6-7-13-27)14-22(28(16)17-8-2-3-9-17)21-15-30-23(26-21)18-10-4-5-11-20(18)25/h4-5,10-11,14-15,17H,2-3,6-9,12-13H2,1H3. The van der Waals surface area contributed by atoms with E-state index in [0.29, 0.717) is 11.1 Å². The molecule has 0 bridgehead atoms. The van der Waals surface area contributed by atoms with Gasteiger partial charge in [-0.05, 0) is 44.7 Å². The third-order valence-electron chi connectivity index (χ3n) is 6.48. The fraction of sp³-hybridized carbons (Fsp3) is 0.417. The molecule has 2 aliphatic rings. The van der Waals surface area contributed by atoms with Gasteiger partial charge < -0.3 is 9.47 Å². The Morgan fingerprint density at radius 3 is 2.60 bits per heavy atom. The van der Waals surface area contributed by atoms with Gasteiger partial charge in [-0.2, -0.15) is 0 Å². The summed E-state index contributed by atoms with van der Waals surface area (Å²) < 4.78 is 2.39. The number of nitrogens with zero attached hydrogens (tertiary/aromatic N) is 3. The van der Waals surface area contributed by atoms with E-state index in [9.17, 15) is 4.79 Å². The number of aromatic nitrogens is 2. The summed E-state index contributed by atoms with van der Waals surface area (Å²) in [6.07, 6.45) is 7.05. The van der Waals surface area contributed by atoms with Crippen LogP contribution in [-0.4, -0.2) is 33.4 Å². The highest BCUT2D eigenvalue weighted by molar-refractivity contribution is 7.13. The Hall–Kier alpha value is -2.11. The highest BCUT2D eigenvalue weighted by Crippen LogP contribution is 2.39. The molecule has 30 heavy (non-hydrogen) atoms. The van der Waals surface area contributed by atoms with Gasteiger partial charge >= 0.3 is 0 Å². The Labute approximate surface area is 186 Å². The van der Waals surface area contributed by atoms with E-state index in [1.165, 1.54) is 25.7 Å². The summed E-state index contributed by atoms with van der Waals surface area (Å²) in [6.45, 7) is 3.84. The largest absolute Gasteiger partial charge is 0.340 e. The van der Waals surface area contributed by atoms with Crippen molar-refractivity contribution in [3.05, 3.63) is 52.0 Å². The molecule has 1 aromatic carbocycles. The molecule has 5 rings (SSSR count). The minimum atomic E-state index is 0.171. The zero-order valence-electron chi connectivity index (χ0n) is 17.2. The molecule has 1 saturated carbocycles. The first-order chi connectivity index (χ1) is 14.6. The van der Waals surface area contributed by atoms with E-state index >= 15 is 0 Å². The van der Waals surface area contributed by atoms with E-state index < -0.39 is 0 Å². The van der Waals surface area contributed by atoms with E-state index in [-0.39, 0.29) is 5.91 Å². The second-order valence-electron chi connectivity index (χ2n) is 8.35. The van der Waals surface area contributed by atoms with Crippen LogP contribution in [0.2, 0.25) is 5.02 Å². The molecule has 0 unspecified atom stereocenters. The van der Waals surface area contributed by atoms with Crippen molar-refractivity contribution in [1.82, 2.24) is 14.5 Å². The lowest BCUT2D eigenvalue weighted by Gasteiger charge is -2.19. The third-order valence-corrected chi connectivity index (χ3v) is 7.68. The zero-order chi connectivity index (χ0) is 20.7. The normalized spacial score (nSPS) is 17.2. The summed E-state index contributed by atoms with van der Waals surface area (Å²) in [5.74, 6) is 0.171. The van der Waals surface area contributed by atoms with Crippen LogP contribution in [-0.2, 0) is 0 Å². The van der Waals surface area contributed by atoms with E-state index in [2.05, 4.69) is 22.9 Å². The summed E-state index contributed by atoms with van der Waals surface area (Å²) in [6, 6.07) is 10.4. The molecular formula is C24H26ClN3OS. The molecule has 1 saturated heterocycles. The van der Waals surface area contributed by atoms with Crippen LogP contribution in [0.3, 0.4) is 0 Å². The average molecular weight is 440 g/mol. The van der Waals surface area contributed by atoms with Gasteiger partial charge in [0.25, 0.3) is 5.91 Å². The SMILES string of the molecule is Cc1c(C(=O)N2CCCC2)cc(-c2csc(-c3ccccc3Cl)n2)n1C1CCCC1. The van der Waals surface area contributed by atoms with Gasteiger partial charge in [0.1, 0.15) is 5.01 Å². The van der Waals surface area contributed by atoms with Gasteiger partial charge in [-0.15, -0.1) is 11.3 Å². The van der Waals surface area contributed by atoms with Gasteiger partial charge in [0, 0.05) is 35.8 Å². The van der Waals surface area contributed by atoms with Crippen LogP contribution in [0.15, 0.2) is 35.7 Å². The number of likely N-dealkylation sites (tertiary alicyclic amines) is 1. The lowest BCUT2D eigenvalue weighted by atomic mass is 10.2. The van der Waals surface area contributed by atoms with Crippen LogP contribution in [0.4, 0.5) is 0 Å². The van der Waals surface area contributed by atoms with E-state index in [1.807, 2.05) is 29.2 Å². The number of hydrogen-bond donors (Lipinski definition) is 0. The first-order valence-electron chi connectivity index (χ1n) is 10.9. The predicted molar refractivity (Wildman–Crippen MR) is 123 cm³/mol. The van der Waals surface area contributed by atoms with Crippen LogP contribution < -0.4 is 0 Å². The van der Waals surface area contributed by atoms with Crippen molar-refractivity contribution in [2.24, 2.45) is 0 Å². The molecule has 3 heterocycles. The Morgan fingerprint density at radius 1 is 1.13 bits per heavy atom. The molecule has 2 fully saturated rings. The predicted octanol–water partition coefficient (Wildman–Crippen LogP) is 6.59. The molecule has 1 aliphatic carbocycles. The van der Waals surface area contributed by atoms with Gasteiger partial charge in [0.15, 0.2) is 0 Å². The molecule has 3 aromatic rings. The maximum Gasteiger partial charge on any atom is 0.255 e. The van der Waals surface area contributed by atoms with Gasteiger partial charge in [0.05, 0.1) is 22.0 Å². The third kappa shape index (κ3) is 3.48. The Bertz CT molecular complexity index is 1070. The molecule has 2 aromatic heterocycles. The minimum Gasteiger partial charge on any atom is -0.340 e. The summed E-state index contributed by atoms with van der Waals surface area (Å²) in [7, 11) is 0. The van der Waals surface area contributed by atoms with Crippen LogP contribution >= 0.6 is 22.9 Å². The van der Waals surface area contributed by atoms with Crippen molar-refractivity contribution in [3.8, 4) is 22.0 Å². The van der Waals surface area contributed by atoms with Crippen molar-refractivity contribution >= 4 is 28.8 Å². The minimum absolute atomic E-state index is 0.171. The highest BCUT2D eigenvalue weighted by Gasteiger charge is 2.29. The van der Waals surface area contributed by atoms with Crippen molar-refractivity contribution in [3.63, 3.8) is 0 Å². The summed E-state index contributed by atoms with van der Waals surface area (Å²) in [4.78, 5) is 20.2. The maximum absolute atomic E-state index is 13.2. The molecule has 1 aliphatic heterocycles. The molecule has 1 amide bonds. The molecular weight excluding hydrogens is 414 g/mol. The average Bonchev–Trinajstić information content (AvgIpc) is 3.53. The number of rotatable bonds is 4. The highest BCUT2D eigenvalue weighted by atomic mass is 35.5. The lowest BCUT2D eigenvalue weighted by Crippen LogP contribution is -2.28. The Kier molecular flexibility index (Phi) is 5.42. The van der Waals surface area contributed by atoms with Crippen LogP contribution in [0.1, 0.15) is 60.6 Å². The second-order valence-corrected chi connectivity index (χ2v) is 9.62. The topological polar surface area (TPSA) is 38.1 Å². The number of thiazole rings is 1. The fourth-order valence-electron chi connectivity index (χ4n) is 4.91. The summed E-state index contributed by atoms with van der Waals surface area (Å²) >= 11 is 8.01. The van der Waals surface area contributed by atoms with Gasteiger partial charge in [-0.3, -0.25) is 4.79 Å². The van der Waals surface area contributed by atoms with Crippen LogP contribution in [0.25, 0.3) is 22.0 Å². The number of hydrogen-bond acceptors (Lipinski definition) is 3. The van der Waals surface area contributed by atoms with E-state index in [1.54, 1.807) is 11.3 Å². The van der Waals surface area contributed by atoms with Crippen molar-refractivity contribution in [2.75, 3.05) is 13.1 Å². The Morgan fingerprint density at radius 2 is 1.87 bits per heavy atom. The first kappa shape index (κ1) is 19.8. The maximum atomic E-state index is 13.2. The Balaban J connectivity index is 1.58. The van der Waals surface area contributed by atoms with E-state index in [0.717, 1.165) is 59.1 Å². The second kappa shape index (κ2) is 8.20. The monoisotopic (exact) mass is 439 g/mol. The first-order valence-corrected chi connectivity index (χ1v) is 12.1. The number of carbonyl (C=O) groups is 1. The molecule has 4 nitrogen and oxygen atoms in total. The van der Waals surface area contributed by atoms with Crippen molar-refractivity contribution in [1.29, 1.82) is 0 Å². The molecule has 0 spiro atoms. The zero-order valence-corrected chi connectivity index (χ0v) is 18.8. The van der Waals surface area contributed by atoms with Gasteiger partial charge in [-0.25, -0.2) is 4.98 Å². The summed E-state index contributed by atoms with van der Waals surface area (Å²) in [5.41, 5.74) is 4.88. The number of benzene rings is 1. The van der Waals surface area contributed by atoms with Crippen molar-refractivity contribution in [2.45, 2.75) is 51.5 Å². The number of carbonyl (C=O) groups excluding carboxylic acids is 1. The molecule has 0 radical (unpaired) electrons. The van der Waals surface area contributed by atoms with Gasteiger partial charge in [-0.1, -0.05) is 42.6 Å². The summed E-state index contributed by atoms with van der Waals surface area (Å²) in [5, 5.41) is 3.73. The molecule has 0 atom stereocenters. The van der Waals surface area contributed by atoms with E-state index in [4.69, 9.17) is 16.6 Å². The molecule has 156 valence electrons. The number of amides is 1. The smallest absolute Gasteiger partial charge is 0.255 e. The fourth-order valence-corrected chi connectivity index (χ4v) is 6.04. The lowest BCUT2D eigenvalue weighted by molar-refractivity contribution is 0.0792. The molecule has 6 heteroatoms. The van der Waals surface area contributed by atoms with Gasteiger partial charge in [0.2, 0.25) is 0 Å². The quantitative estimate of drug-likeness (QED) is 0.459. The number of halogens is 1. The van der Waals surface area contributed by atoms with Crippen molar-refractivity contribution < 1.29 is 4.79 Å². The van der Waals surface area contributed by atoms with Crippen LogP contribution in [0.5, 0.6) is 0 Å².